The van der Waals surface area contributed by atoms with Crippen LogP contribution in [-0.2, 0) is 4.79 Å². The number of rotatable bonds is 4. The number of nitrogens with one attached hydrogen (secondary N) is 1. The molecule has 0 aliphatic heterocycles. The van der Waals surface area contributed by atoms with Crippen molar-refractivity contribution in [2.45, 2.75) is 6.92 Å². The minimum Gasteiger partial charge on any atom is -0.326 e. The number of hydrogen-bond donors (Lipinski definition) is 1. The van der Waals surface area contributed by atoms with E-state index in [1.165, 1.54) is 31.2 Å². The molecule has 0 spiro atoms. The van der Waals surface area contributed by atoms with Gasteiger partial charge in [-0.3, -0.25) is 9.59 Å². The molecule has 0 aliphatic rings. The van der Waals surface area contributed by atoms with Crippen molar-refractivity contribution in [1.82, 2.24) is 0 Å². The first kappa shape index (κ1) is 17.7. The molecule has 2 aromatic carbocycles. The van der Waals surface area contributed by atoms with Crippen molar-refractivity contribution in [3.05, 3.63) is 69.2 Å². The fourth-order valence-corrected chi connectivity index (χ4v) is 2.55. The summed E-state index contributed by atoms with van der Waals surface area (Å²) in [5, 5.41) is 12.6. The smallest absolute Gasteiger partial charge is 0.221 e. The van der Waals surface area contributed by atoms with Gasteiger partial charge in [0.05, 0.1) is 0 Å². The van der Waals surface area contributed by atoms with E-state index in [-0.39, 0.29) is 17.0 Å². The number of halogens is 2. The molecular formula is C18H12Cl2N2O2. The van der Waals surface area contributed by atoms with E-state index in [0.717, 1.165) is 0 Å². The van der Waals surface area contributed by atoms with Crippen molar-refractivity contribution in [1.29, 1.82) is 5.26 Å². The highest BCUT2D eigenvalue weighted by atomic mass is 35.5. The number of nitriles is 1. The van der Waals surface area contributed by atoms with E-state index >= 15 is 0 Å². The van der Waals surface area contributed by atoms with Crippen molar-refractivity contribution in [2.24, 2.45) is 0 Å². The minimum absolute atomic E-state index is 0.0411. The summed E-state index contributed by atoms with van der Waals surface area (Å²) < 4.78 is 0. The lowest BCUT2D eigenvalue weighted by molar-refractivity contribution is -0.114. The van der Waals surface area contributed by atoms with Gasteiger partial charge < -0.3 is 5.32 Å². The second-order valence-electron chi connectivity index (χ2n) is 4.96. The Kier molecular flexibility index (Phi) is 5.75. The molecule has 0 heterocycles. The van der Waals surface area contributed by atoms with Crippen LogP contribution >= 0.6 is 23.2 Å². The molecule has 0 bridgehead atoms. The van der Waals surface area contributed by atoms with Gasteiger partial charge in [0.1, 0.15) is 11.6 Å². The molecule has 0 aromatic heterocycles. The number of anilines is 1. The third kappa shape index (κ3) is 4.69. The van der Waals surface area contributed by atoms with Crippen LogP contribution in [0.4, 0.5) is 5.69 Å². The molecule has 0 atom stereocenters. The number of carbonyl (C=O) groups is 2. The van der Waals surface area contributed by atoms with Crippen molar-refractivity contribution >= 4 is 46.7 Å². The second kappa shape index (κ2) is 7.78. The maximum absolute atomic E-state index is 12.4. The molecule has 0 radical (unpaired) electrons. The predicted molar refractivity (Wildman–Crippen MR) is 95.1 cm³/mol. The summed E-state index contributed by atoms with van der Waals surface area (Å²) in [5.41, 5.74) is 1.49. The van der Waals surface area contributed by atoms with E-state index in [1.807, 2.05) is 6.07 Å². The minimum atomic E-state index is -0.465. The van der Waals surface area contributed by atoms with E-state index < -0.39 is 5.78 Å². The summed E-state index contributed by atoms with van der Waals surface area (Å²) in [5.74, 6) is -0.642. The summed E-state index contributed by atoms with van der Waals surface area (Å²) in [7, 11) is 0. The Morgan fingerprint density at radius 1 is 1.08 bits per heavy atom. The molecule has 24 heavy (non-hydrogen) atoms. The highest BCUT2D eigenvalue weighted by Gasteiger charge is 2.13. The summed E-state index contributed by atoms with van der Waals surface area (Å²) in [4.78, 5) is 23.4. The maximum atomic E-state index is 12.4. The number of carbonyl (C=O) groups excluding carboxylic acids is 2. The molecule has 0 saturated carbocycles. The first-order chi connectivity index (χ1) is 11.4. The molecule has 0 unspecified atom stereocenters. The average molecular weight is 359 g/mol. The lowest BCUT2D eigenvalue weighted by Crippen LogP contribution is -2.05. The van der Waals surface area contributed by atoms with Crippen molar-refractivity contribution in [2.75, 3.05) is 5.32 Å². The van der Waals surface area contributed by atoms with E-state index in [4.69, 9.17) is 23.2 Å². The Labute approximate surface area is 149 Å². The topological polar surface area (TPSA) is 70.0 Å². The number of hydrogen-bond acceptors (Lipinski definition) is 3. The zero-order valence-electron chi connectivity index (χ0n) is 12.6. The van der Waals surface area contributed by atoms with Crippen LogP contribution < -0.4 is 5.32 Å². The summed E-state index contributed by atoms with van der Waals surface area (Å²) in [6, 6.07) is 13.1. The summed E-state index contributed by atoms with van der Waals surface area (Å²) in [6.45, 7) is 1.41. The summed E-state index contributed by atoms with van der Waals surface area (Å²) >= 11 is 11.8. The first-order valence-electron chi connectivity index (χ1n) is 6.89. The van der Waals surface area contributed by atoms with Gasteiger partial charge in [0.15, 0.2) is 0 Å². The number of ketones is 1. The lowest BCUT2D eigenvalue weighted by Gasteiger charge is -2.04. The van der Waals surface area contributed by atoms with Crippen molar-refractivity contribution < 1.29 is 9.59 Å². The lowest BCUT2D eigenvalue weighted by atomic mass is 10.0. The zero-order chi connectivity index (χ0) is 17.7. The van der Waals surface area contributed by atoms with Crippen LogP contribution in [0.5, 0.6) is 0 Å². The quantitative estimate of drug-likeness (QED) is 0.487. The third-order valence-corrected chi connectivity index (χ3v) is 3.47. The van der Waals surface area contributed by atoms with Gasteiger partial charge in [-0.05, 0) is 42.0 Å². The molecule has 2 aromatic rings. The van der Waals surface area contributed by atoms with Gasteiger partial charge in [0, 0.05) is 28.2 Å². The van der Waals surface area contributed by atoms with E-state index in [2.05, 4.69) is 5.32 Å². The third-order valence-electron chi connectivity index (χ3n) is 3.03. The van der Waals surface area contributed by atoms with E-state index in [1.54, 1.807) is 24.3 Å². The zero-order valence-corrected chi connectivity index (χ0v) is 14.2. The van der Waals surface area contributed by atoms with Crippen LogP contribution in [0.15, 0.2) is 48.0 Å². The van der Waals surface area contributed by atoms with Gasteiger partial charge in [-0.2, -0.15) is 5.26 Å². The molecule has 1 amide bonds. The van der Waals surface area contributed by atoms with Gasteiger partial charge in [-0.25, -0.2) is 0 Å². The molecule has 2 rings (SSSR count). The van der Waals surface area contributed by atoms with Crippen LogP contribution in [0.2, 0.25) is 10.0 Å². The van der Waals surface area contributed by atoms with Crippen molar-refractivity contribution in [3.63, 3.8) is 0 Å². The van der Waals surface area contributed by atoms with E-state index in [0.29, 0.717) is 21.3 Å². The van der Waals surface area contributed by atoms with Crippen LogP contribution in [0.1, 0.15) is 22.8 Å². The number of amides is 1. The molecule has 0 aliphatic carbocycles. The standard InChI is InChI=1S/C18H12Cl2N2O2/c1-11(23)22-17-4-2-12(3-5-17)6-14(10-21)18(24)13-7-15(19)9-16(20)8-13/h2-9H,1H3,(H,22,23)/b14-6+. The molecule has 4 nitrogen and oxygen atoms in total. The summed E-state index contributed by atoms with van der Waals surface area (Å²) in [6.07, 6.45) is 1.47. The van der Waals surface area contributed by atoms with Gasteiger partial charge in [-0.1, -0.05) is 35.3 Å². The molecule has 6 heteroatoms. The molecule has 1 N–H and O–H groups in total. The Morgan fingerprint density at radius 2 is 1.67 bits per heavy atom. The fourth-order valence-electron chi connectivity index (χ4n) is 2.02. The molecule has 0 saturated heterocycles. The Hall–Kier alpha value is -2.61. The molecule has 120 valence electrons. The van der Waals surface area contributed by atoms with Gasteiger partial charge in [0.2, 0.25) is 11.7 Å². The van der Waals surface area contributed by atoms with Gasteiger partial charge in [0.25, 0.3) is 0 Å². The van der Waals surface area contributed by atoms with Crippen LogP contribution in [0, 0.1) is 11.3 Å². The highest BCUT2D eigenvalue weighted by molar-refractivity contribution is 6.35. The molecular weight excluding hydrogens is 347 g/mol. The second-order valence-corrected chi connectivity index (χ2v) is 5.83. The number of benzene rings is 2. The van der Waals surface area contributed by atoms with Gasteiger partial charge >= 0.3 is 0 Å². The van der Waals surface area contributed by atoms with E-state index in [9.17, 15) is 14.9 Å². The number of allylic oxidation sites excluding steroid dienone is 1. The molecule has 0 fully saturated rings. The Bertz CT molecular complexity index is 845. The number of nitrogens with zero attached hydrogens (tertiary/aromatic N) is 1. The maximum Gasteiger partial charge on any atom is 0.221 e. The number of Topliss-reactive ketones (excluding diaryl/α,β-unsaturated/α-hetero) is 1. The normalized spacial score (nSPS) is 10.8. The average Bonchev–Trinajstić information content (AvgIpc) is 2.52. The van der Waals surface area contributed by atoms with Crippen molar-refractivity contribution in [3.8, 4) is 6.07 Å². The largest absolute Gasteiger partial charge is 0.326 e. The fraction of sp³-hybridized carbons (Fsp3) is 0.0556. The predicted octanol–water partition coefficient (Wildman–Crippen LogP) is 4.74. The Balaban J connectivity index is 2.30. The van der Waals surface area contributed by atoms with Gasteiger partial charge in [-0.15, -0.1) is 0 Å². The van der Waals surface area contributed by atoms with Crippen LogP contribution in [0.25, 0.3) is 6.08 Å². The highest BCUT2D eigenvalue weighted by Crippen LogP contribution is 2.22. The monoisotopic (exact) mass is 358 g/mol. The Morgan fingerprint density at radius 3 is 2.17 bits per heavy atom. The SMILES string of the molecule is CC(=O)Nc1ccc(/C=C(\C#N)C(=O)c2cc(Cl)cc(Cl)c2)cc1. The first-order valence-corrected chi connectivity index (χ1v) is 7.65. The van der Waals surface area contributed by atoms with Crippen LogP contribution in [0.3, 0.4) is 0 Å². The van der Waals surface area contributed by atoms with Crippen LogP contribution in [-0.4, -0.2) is 11.7 Å².